The highest BCUT2D eigenvalue weighted by Crippen LogP contribution is 2.17. The van der Waals surface area contributed by atoms with Crippen molar-refractivity contribution >= 4 is 29.9 Å². The van der Waals surface area contributed by atoms with E-state index >= 15 is 0 Å². The topological polar surface area (TPSA) is 39.7 Å². The first-order valence-electron chi connectivity index (χ1n) is 6.93. The van der Waals surface area contributed by atoms with Gasteiger partial charge in [0, 0.05) is 26.2 Å². The molecule has 2 fully saturated rings. The molecule has 1 aliphatic heterocycles. The zero-order valence-corrected chi connectivity index (χ0v) is 13.9. The minimum absolute atomic E-state index is 0. The van der Waals surface area contributed by atoms with Crippen LogP contribution in [-0.4, -0.2) is 50.6 Å². The smallest absolute Gasteiger partial charge is 0.191 e. The molecule has 18 heavy (non-hydrogen) atoms. The van der Waals surface area contributed by atoms with Crippen molar-refractivity contribution in [2.24, 2.45) is 10.9 Å². The summed E-state index contributed by atoms with van der Waals surface area (Å²) in [6, 6.07) is 0.646. The molecule has 2 rings (SSSR count). The number of nitrogens with zero attached hydrogens (tertiary/aromatic N) is 2. The van der Waals surface area contributed by atoms with E-state index in [1.165, 1.54) is 45.2 Å². The van der Waals surface area contributed by atoms with E-state index in [-0.39, 0.29) is 24.0 Å². The first-order valence-corrected chi connectivity index (χ1v) is 6.93. The van der Waals surface area contributed by atoms with Crippen LogP contribution in [0.1, 0.15) is 32.1 Å². The van der Waals surface area contributed by atoms with Crippen molar-refractivity contribution < 1.29 is 0 Å². The van der Waals surface area contributed by atoms with Gasteiger partial charge in [0.2, 0.25) is 0 Å². The largest absolute Gasteiger partial charge is 0.356 e. The number of halogens is 1. The predicted molar refractivity (Wildman–Crippen MR) is 87.8 cm³/mol. The minimum Gasteiger partial charge on any atom is -0.356 e. The molecular formula is C13H27IN4. The molecule has 5 heteroatoms. The molecule has 1 atom stereocenters. The second-order valence-electron chi connectivity index (χ2n) is 5.50. The SMILES string of the molecule is CN=C(NCC1CCN(C)C1)NC1CCCC1.I. The molecule has 0 radical (unpaired) electrons. The molecule has 0 amide bonds. The lowest BCUT2D eigenvalue weighted by molar-refractivity contribution is 0.393. The zero-order valence-electron chi connectivity index (χ0n) is 11.6. The van der Waals surface area contributed by atoms with Gasteiger partial charge in [0.25, 0.3) is 0 Å². The third-order valence-electron chi connectivity index (χ3n) is 3.97. The Hall–Kier alpha value is -0.0400. The summed E-state index contributed by atoms with van der Waals surface area (Å²) in [7, 11) is 4.07. The van der Waals surface area contributed by atoms with Crippen molar-refractivity contribution in [1.29, 1.82) is 0 Å². The summed E-state index contributed by atoms with van der Waals surface area (Å²) in [6.07, 6.45) is 6.63. The Morgan fingerprint density at radius 2 is 2.00 bits per heavy atom. The van der Waals surface area contributed by atoms with Gasteiger partial charge >= 0.3 is 0 Å². The van der Waals surface area contributed by atoms with Gasteiger partial charge in [-0.3, -0.25) is 4.99 Å². The maximum atomic E-state index is 4.31. The third kappa shape index (κ3) is 4.91. The summed E-state index contributed by atoms with van der Waals surface area (Å²) in [5.74, 6) is 1.77. The van der Waals surface area contributed by atoms with Gasteiger partial charge in [-0.05, 0) is 38.8 Å². The molecule has 1 unspecified atom stereocenters. The van der Waals surface area contributed by atoms with Gasteiger partial charge in [-0.1, -0.05) is 12.8 Å². The normalized spacial score (nSPS) is 26.1. The maximum absolute atomic E-state index is 4.31. The lowest BCUT2D eigenvalue weighted by atomic mass is 10.1. The number of rotatable bonds is 3. The number of likely N-dealkylation sites (tertiary alicyclic amines) is 1. The van der Waals surface area contributed by atoms with Crippen LogP contribution < -0.4 is 10.6 Å². The number of nitrogens with one attached hydrogen (secondary N) is 2. The Morgan fingerprint density at radius 1 is 1.28 bits per heavy atom. The summed E-state index contributed by atoms with van der Waals surface area (Å²) >= 11 is 0. The molecule has 1 saturated carbocycles. The molecule has 0 spiro atoms. The quantitative estimate of drug-likeness (QED) is 0.454. The number of aliphatic imine (C=N–C) groups is 1. The van der Waals surface area contributed by atoms with Gasteiger partial charge in [-0.15, -0.1) is 24.0 Å². The first kappa shape index (κ1) is 16.0. The van der Waals surface area contributed by atoms with E-state index in [2.05, 4.69) is 27.6 Å². The van der Waals surface area contributed by atoms with Crippen LogP contribution in [0.4, 0.5) is 0 Å². The van der Waals surface area contributed by atoms with Gasteiger partial charge in [0.15, 0.2) is 5.96 Å². The monoisotopic (exact) mass is 366 g/mol. The summed E-state index contributed by atoms with van der Waals surface area (Å²) in [5, 5.41) is 7.00. The van der Waals surface area contributed by atoms with E-state index in [1.807, 2.05) is 7.05 Å². The lowest BCUT2D eigenvalue weighted by Crippen LogP contribution is -2.44. The first-order chi connectivity index (χ1) is 8.28. The van der Waals surface area contributed by atoms with E-state index in [0.717, 1.165) is 18.4 Å². The number of hydrogen-bond acceptors (Lipinski definition) is 2. The Morgan fingerprint density at radius 3 is 2.56 bits per heavy atom. The molecular weight excluding hydrogens is 339 g/mol. The van der Waals surface area contributed by atoms with Crippen LogP contribution in [0.5, 0.6) is 0 Å². The Labute approximate surface area is 128 Å². The number of guanidine groups is 1. The Kier molecular flexibility index (Phi) is 7.29. The van der Waals surface area contributed by atoms with Crippen LogP contribution in [-0.2, 0) is 0 Å². The van der Waals surface area contributed by atoms with Crippen molar-refractivity contribution in [3.8, 4) is 0 Å². The Balaban J connectivity index is 0.00000162. The van der Waals surface area contributed by atoms with Gasteiger partial charge < -0.3 is 15.5 Å². The highest BCUT2D eigenvalue weighted by atomic mass is 127. The second-order valence-corrected chi connectivity index (χ2v) is 5.50. The van der Waals surface area contributed by atoms with Crippen LogP contribution in [0.2, 0.25) is 0 Å². The van der Waals surface area contributed by atoms with Gasteiger partial charge in [-0.2, -0.15) is 0 Å². The van der Waals surface area contributed by atoms with Gasteiger partial charge in [-0.25, -0.2) is 0 Å². The Bertz CT molecular complexity index is 264. The summed E-state index contributed by atoms with van der Waals surface area (Å²) in [4.78, 5) is 6.71. The van der Waals surface area contributed by atoms with Crippen molar-refractivity contribution in [3.63, 3.8) is 0 Å². The fourth-order valence-electron chi connectivity index (χ4n) is 2.89. The summed E-state index contributed by atoms with van der Waals surface area (Å²) in [6.45, 7) is 3.51. The van der Waals surface area contributed by atoms with E-state index in [9.17, 15) is 0 Å². The third-order valence-corrected chi connectivity index (χ3v) is 3.97. The fourth-order valence-corrected chi connectivity index (χ4v) is 2.89. The van der Waals surface area contributed by atoms with Crippen molar-refractivity contribution in [2.75, 3.05) is 33.7 Å². The van der Waals surface area contributed by atoms with E-state index in [0.29, 0.717) is 6.04 Å². The van der Waals surface area contributed by atoms with E-state index < -0.39 is 0 Å². The van der Waals surface area contributed by atoms with Crippen LogP contribution in [0.3, 0.4) is 0 Å². The molecule has 0 aromatic heterocycles. The maximum Gasteiger partial charge on any atom is 0.191 e. The van der Waals surface area contributed by atoms with Crippen molar-refractivity contribution in [3.05, 3.63) is 0 Å². The molecule has 106 valence electrons. The van der Waals surface area contributed by atoms with Gasteiger partial charge in [0.05, 0.1) is 0 Å². The molecule has 2 N–H and O–H groups in total. The average molecular weight is 366 g/mol. The lowest BCUT2D eigenvalue weighted by Gasteiger charge is -2.18. The predicted octanol–water partition coefficient (Wildman–Crippen LogP) is 1.66. The molecule has 1 aliphatic carbocycles. The molecule has 2 aliphatic rings. The van der Waals surface area contributed by atoms with E-state index in [1.54, 1.807) is 0 Å². The van der Waals surface area contributed by atoms with Crippen LogP contribution >= 0.6 is 24.0 Å². The van der Waals surface area contributed by atoms with E-state index in [4.69, 9.17) is 0 Å². The minimum atomic E-state index is 0. The molecule has 1 saturated heterocycles. The average Bonchev–Trinajstić information content (AvgIpc) is 2.96. The highest BCUT2D eigenvalue weighted by molar-refractivity contribution is 14.0. The van der Waals surface area contributed by atoms with Crippen LogP contribution in [0.15, 0.2) is 4.99 Å². The summed E-state index contributed by atoms with van der Waals surface area (Å²) in [5.41, 5.74) is 0. The van der Waals surface area contributed by atoms with Crippen LogP contribution in [0.25, 0.3) is 0 Å². The molecule has 4 nitrogen and oxygen atoms in total. The highest BCUT2D eigenvalue weighted by Gasteiger charge is 2.20. The summed E-state index contributed by atoms with van der Waals surface area (Å²) < 4.78 is 0. The molecule has 0 bridgehead atoms. The van der Waals surface area contributed by atoms with Gasteiger partial charge in [0.1, 0.15) is 0 Å². The fraction of sp³-hybridized carbons (Fsp3) is 0.923. The second kappa shape index (κ2) is 8.19. The zero-order chi connectivity index (χ0) is 12.1. The number of hydrogen-bond donors (Lipinski definition) is 2. The van der Waals surface area contributed by atoms with Crippen molar-refractivity contribution in [1.82, 2.24) is 15.5 Å². The standard InChI is InChI=1S/C13H26N4.HI/c1-14-13(16-12-5-3-4-6-12)15-9-11-7-8-17(2)10-11;/h11-12H,3-10H2,1-2H3,(H2,14,15,16);1H. The molecule has 0 aromatic rings. The van der Waals surface area contributed by atoms with Crippen molar-refractivity contribution in [2.45, 2.75) is 38.1 Å². The molecule has 0 aromatic carbocycles. The molecule has 1 heterocycles. The van der Waals surface area contributed by atoms with Crippen LogP contribution in [0, 0.1) is 5.92 Å².